The fourth-order valence-electron chi connectivity index (χ4n) is 2.13. The molecule has 0 spiro atoms. The van der Waals surface area contributed by atoms with Crippen molar-refractivity contribution in [1.29, 1.82) is 0 Å². The van der Waals surface area contributed by atoms with E-state index in [1.54, 1.807) is 0 Å². The molecule has 4 nitrogen and oxygen atoms in total. The number of aromatic nitrogens is 1. The highest BCUT2D eigenvalue weighted by Crippen LogP contribution is 2.26. The van der Waals surface area contributed by atoms with Crippen LogP contribution in [0, 0.1) is 13.8 Å². The first-order valence-electron chi connectivity index (χ1n) is 6.99. The Balaban J connectivity index is 2.12. The second-order valence-electron chi connectivity index (χ2n) is 5.16. The fraction of sp³-hybridized carbons (Fsp3) is 0.438. The number of para-hydroxylation sites is 1. The van der Waals surface area contributed by atoms with Crippen LogP contribution >= 0.6 is 0 Å². The minimum Gasteiger partial charge on any atom is -0.485 e. The summed E-state index contributed by atoms with van der Waals surface area (Å²) in [5.74, 6) is 1.64. The summed E-state index contributed by atoms with van der Waals surface area (Å²) in [5, 5.41) is 3.86. The van der Waals surface area contributed by atoms with E-state index in [-0.39, 0.29) is 6.04 Å². The van der Waals surface area contributed by atoms with Crippen LogP contribution in [0.5, 0.6) is 5.75 Å². The highest BCUT2D eigenvalue weighted by atomic mass is 16.5. The van der Waals surface area contributed by atoms with Crippen LogP contribution in [0.2, 0.25) is 0 Å². The first kappa shape index (κ1) is 14.6. The summed E-state index contributed by atoms with van der Waals surface area (Å²) in [6.07, 6.45) is 1.78. The average molecular weight is 274 g/mol. The van der Waals surface area contributed by atoms with E-state index >= 15 is 0 Å². The van der Waals surface area contributed by atoms with Crippen molar-refractivity contribution in [2.45, 2.75) is 46.3 Å². The molecule has 2 aromatic rings. The molecule has 0 bridgehead atoms. The SMILES string of the molecule is CCC(N)Cc1cccc(C)c1OCc1cc(C)no1. The first-order valence-corrected chi connectivity index (χ1v) is 6.99. The van der Waals surface area contributed by atoms with Crippen LogP contribution in [0.4, 0.5) is 0 Å². The molecule has 0 fully saturated rings. The average Bonchev–Trinajstić information content (AvgIpc) is 2.83. The summed E-state index contributed by atoms with van der Waals surface area (Å²) in [7, 11) is 0. The van der Waals surface area contributed by atoms with E-state index < -0.39 is 0 Å². The van der Waals surface area contributed by atoms with Gasteiger partial charge in [-0.25, -0.2) is 0 Å². The lowest BCUT2D eigenvalue weighted by atomic mass is 10.0. The number of hydrogen-bond acceptors (Lipinski definition) is 4. The maximum absolute atomic E-state index is 6.05. The van der Waals surface area contributed by atoms with Gasteiger partial charge in [-0.2, -0.15) is 0 Å². The van der Waals surface area contributed by atoms with E-state index in [9.17, 15) is 0 Å². The van der Waals surface area contributed by atoms with Gasteiger partial charge < -0.3 is 15.0 Å². The molecule has 0 amide bonds. The predicted molar refractivity (Wildman–Crippen MR) is 78.7 cm³/mol. The molecule has 0 aliphatic heterocycles. The van der Waals surface area contributed by atoms with Crippen molar-refractivity contribution in [3.63, 3.8) is 0 Å². The van der Waals surface area contributed by atoms with Crippen LogP contribution < -0.4 is 10.5 Å². The summed E-state index contributed by atoms with van der Waals surface area (Å²) in [6, 6.07) is 8.20. The molecule has 2 rings (SSSR count). The fourth-order valence-corrected chi connectivity index (χ4v) is 2.13. The van der Waals surface area contributed by atoms with Crippen LogP contribution in [0.3, 0.4) is 0 Å². The van der Waals surface area contributed by atoms with E-state index in [1.807, 2.05) is 32.0 Å². The zero-order valence-corrected chi connectivity index (χ0v) is 12.3. The number of hydrogen-bond donors (Lipinski definition) is 1. The molecule has 1 unspecified atom stereocenters. The van der Waals surface area contributed by atoms with Crippen molar-refractivity contribution in [1.82, 2.24) is 5.16 Å². The standard InChI is InChI=1S/C16H22N2O2/c1-4-14(17)9-13-7-5-6-11(2)16(13)19-10-15-8-12(3)18-20-15/h5-8,14H,4,9-10,17H2,1-3H3. The number of ether oxygens (including phenoxy) is 1. The van der Waals surface area contributed by atoms with Gasteiger partial charge in [0, 0.05) is 12.1 Å². The van der Waals surface area contributed by atoms with Crippen LogP contribution in [0.25, 0.3) is 0 Å². The van der Waals surface area contributed by atoms with Gasteiger partial charge in [-0.05, 0) is 37.8 Å². The molecule has 0 aliphatic rings. The van der Waals surface area contributed by atoms with Gasteiger partial charge in [-0.1, -0.05) is 30.3 Å². The maximum Gasteiger partial charge on any atom is 0.174 e. The summed E-state index contributed by atoms with van der Waals surface area (Å²) in [6.45, 7) is 6.42. The topological polar surface area (TPSA) is 61.3 Å². The summed E-state index contributed by atoms with van der Waals surface area (Å²) < 4.78 is 11.1. The third kappa shape index (κ3) is 3.61. The number of benzene rings is 1. The normalized spacial score (nSPS) is 12.4. The van der Waals surface area contributed by atoms with Crippen molar-refractivity contribution in [3.8, 4) is 5.75 Å². The minimum atomic E-state index is 0.159. The quantitative estimate of drug-likeness (QED) is 0.879. The zero-order chi connectivity index (χ0) is 14.5. The van der Waals surface area contributed by atoms with E-state index in [0.717, 1.165) is 41.2 Å². The Kier molecular flexibility index (Phi) is 4.79. The molecule has 4 heteroatoms. The van der Waals surface area contributed by atoms with E-state index in [4.69, 9.17) is 15.0 Å². The van der Waals surface area contributed by atoms with Crippen molar-refractivity contribution < 1.29 is 9.26 Å². The van der Waals surface area contributed by atoms with E-state index in [1.165, 1.54) is 0 Å². The lowest BCUT2D eigenvalue weighted by Crippen LogP contribution is -2.21. The first-order chi connectivity index (χ1) is 9.60. The zero-order valence-electron chi connectivity index (χ0n) is 12.3. The van der Waals surface area contributed by atoms with Gasteiger partial charge in [-0.3, -0.25) is 0 Å². The minimum absolute atomic E-state index is 0.159. The van der Waals surface area contributed by atoms with Gasteiger partial charge in [0.25, 0.3) is 0 Å². The molecule has 0 saturated carbocycles. The molecule has 1 atom stereocenters. The molecule has 20 heavy (non-hydrogen) atoms. The molecular weight excluding hydrogens is 252 g/mol. The molecular formula is C16H22N2O2. The Bertz CT molecular complexity index is 563. The second kappa shape index (κ2) is 6.57. The van der Waals surface area contributed by atoms with Crippen molar-refractivity contribution in [3.05, 3.63) is 46.8 Å². The second-order valence-corrected chi connectivity index (χ2v) is 5.16. The number of nitrogens with two attached hydrogens (primary N) is 1. The van der Waals surface area contributed by atoms with Crippen LogP contribution in [0.1, 0.15) is 35.9 Å². The lowest BCUT2D eigenvalue weighted by molar-refractivity contribution is 0.245. The van der Waals surface area contributed by atoms with Gasteiger partial charge in [0.2, 0.25) is 0 Å². The van der Waals surface area contributed by atoms with Crippen LogP contribution in [-0.4, -0.2) is 11.2 Å². The van der Waals surface area contributed by atoms with Crippen molar-refractivity contribution in [2.24, 2.45) is 5.73 Å². The molecule has 1 aromatic carbocycles. The predicted octanol–water partition coefficient (Wildman–Crippen LogP) is 3.15. The highest BCUT2D eigenvalue weighted by molar-refractivity contribution is 5.41. The smallest absolute Gasteiger partial charge is 0.174 e. The molecule has 0 saturated heterocycles. The largest absolute Gasteiger partial charge is 0.485 e. The van der Waals surface area contributed by atoms with E-state index in [2.05, 4.69) is 18.1 Å². The van der Waals surface area contributed by atoms with Gasteiger partial charge in [0.05, 0.1) is 5.69 Å². The van der Waals surface area contributed by atoms with Crippen molar-refractivity contribution >= 4 is 0 Å². The van der Waals surface area contributed by atoms with Gasteiger partial charge >= 0.3 is 0 Å². The lowest BCUT2D eigenvalue weighted by Gasteiger charge is -2.15. The monoisotopic (exact) mass is 274 g/mol. The molecule has 1 aromatic heterocycles. The molecule has 2 N–H and O–H groups in total. The van der Waals surface area contributed by atoms with E-state index in [0.29, 0.717) is 6.61 Å². The third-order valence-corrected chi connectivity index (χ3v) is 3.34. The summed E-state index contributed by atoms with van der Waals surface area (Å²) in [4.78, 5) is 0. The third-order valence-electron chi connectivity index (χ3n) is 3.34. The Morgan fingerprint density at radius 3 is 2.80 bits per heavy atom. The van der Waals surface area contributed by atoms with Crippen LogP contribution in [-0.2, 0) is 13.0 Å². The maximum atomic E-state index is 6.05. The molecule has 1 heterocycles. The van der Waals surface area contributed by atoms with Gasteiger partial charge in [0.15, 0.2) is 5.76 Å². The molecule has 0 radical (unpaired) electrons. The summed E-state index contributed by atoms with van der Waals surface area (Å²) >= 11 is 0. The Labute approximate surface area is 119 Å². The Morgan fingerprint density at radius 1 is 1.35 bits per heavy atom. The number of rotatable bonds is 6. The van der Waals surface area contributed by atoms with Gasteiger partial charge in [0.1, 0.15) is 12.4 Å². The van der Waals surface area contributed by atoms with Crippen molar-refractivity contribution in [2.75, 3.05) is 0 Å². The Hall–Kier alpha value is -1.81. The number of nitrogens with zero attached hydrogens (tertiary/aromatic N) is 1. The number of aryl methyl sites for hydroxylation is 2. The summed E-state index contributed by atoms with van der Waals surface area (Å²) in [5.41, 5.74) is 9.17. The molecule has 108 valence electrons. The molecule has 0 aliphatic carbocycles. The van der Waals surface area contributed by atoms with Gasteiger partial charge in [-0.15, -0.1) is 0 Å². The van der Waals surface area contributed by atoms with Crippen LogP contribution in [0.15, 0.2) is 28.8 Å². The highest BCUT2D eigenvalue weighted by Gasteiger charge is 2.11. The Morgan fingerprint density at radius 2 is 2.15 bits per heavy atom.